The molecule has 0 bridgehead atoms. The number of hydrogen-bond acceptors (Lipinski definition) is 2. The summed E-state index contributed by atoms with van der Waals surface area (Å²) >= 11 is 0. The molecule has 1 aliphatic carbocycles. The number of rotatable bonds is 3. The first kappa shape index (κ1) is 17.1. The molecule has 0 N–H and O–H groups in total. The van der Waals surface area contributed by atoms with Gasteiger partial charge in [0.15, 0.2) is 0 Å². The number of benzene rings is 1. The van der Waals surface area contributed by atoms with Crippen molar-refractivity contribution in [2.75, 3.05) is 0 Å². The van der Waals surface area contributed by atoms with Gasteiger partial charge in [0.05, 0.1) is 5.56 Å². The third kappa shape index (κ3) is 3.71. The Bertz CT molecular complexity index is 522. The van der Waals surface area contributed by atoms with E-state index in [0.717, 1.165) is 23.1 Å². The van der Waals surface area contributed by atoms with E-state index in [1.807, 2.05) is 13.8 Å². The van der Waals surface area contributed by atoms with Crippen LogP contribution in [0.3, 0.4) is 0 Å². The molecule has 0 saturated heterocycles. The zero-order chi connectivity index (χ0) is 16.4. The minimum atomic E-state index is -0.139. The third-order valence-corrected chi connectivity index (χ3v) is 5.10. The quantitative estimate of drug-likeness (QED) is 0.715. The normalized spacial score (nSPS) is 25.3. The molecule has 3 atom stereocenters. The van der Waals surface area contributed by atoms with Gasteiger partial charge in [0.1, 0.15) is 6.10 Å². The number of aryl methyl sites for hydroxylation is 3. The Kier molecular flexibility index (Phi) is 5.31. The zero-order valence-corrected chi connectivity index (χ0v) is 14.9. The van der Waals surface area contributed by atoms with Crippen molar-refractivity contribution >= 4 is 5.97 Å². The molecule has 0 aliphatic heterocycles. The highest BCUT2D eigenvalue weighted by atomic mass is 16.5. The van der Waals surface area contributed by atoms with Gasteiger partial charge in [-0.05, 0) is 62.5 Å². The lowest BCUT2D eigenvalue weighted by Gasteiger charge is -2.36. The smallest absolute Gasteiger partial charge is 0.338 e. The van der Waals surface area contributed by atoms with E-state index in [0.29, 0.717) is 17.8 Å². The van der Waals surface area contributed by atoms with Gasteiger partial charge in [-0.15, -0.1) is 0 Å². The molecule has 0 heterocycles. The standard InChI is InChI=1S/C20H30O2/c1-12(2)17-8-7-13(3)11-18(17)22-20(21)19-15(5)9-14(4)10-16(19)6/h9-10,12-13,17-18H,7-8,11H2,1-6H3/t13-,17+,18-/m0/s1. The summed E-state index contributed by atoms with van der Waals surface area (Å²) in [5, 5.41) is 0. The van der Waals surface area contributed by atoms with Crippen LogP contribution in [0, 0.1) is 38.5 Å². The minimum Gasteiger partial charge on any atom is -0.458 e. The van der Waals surface area contributed by atoms with E-state index in [-0.39, 0.29) is 12.1 Å². The summed E-state index contributed by atoms with van der Waals surface area (Å²) in [4.78, 5) is 12.7. The third-order valence-electron chi connectivity index (χ3n) is 5.10. The molecular formula is C20H30O2. The fourth-order valence-corrected chi connectivity index (χ4v) is 3.95. The number of ether oxygens (including phenoxy) is 1. The highest BCUT2D eigenvalue weighted by Gasteiger charge is 2.34. The maximum absolute atomic E-state index is 12.7. The van der Waals surface area contributed by atoms with Crippen LogP contribution in [0.5, 0.6) is 0 Å². The fourth-order valence-electron chi connectivity index (χ4n) is 3.95. The van der Waals surface area contributed by atoms with Crippen molar-refractivity contribution in [1.29, 1.82) is 0 Å². The van der Waals surface area contributed by atoms with Gasteiger partial charge in [0.2, 0.25) is 0 Å². The van der Waals surface area contributed by atoms with Crippen LogP contribution in [0.1, 0.15) is 67.1 Å². The molecule has 2 nitrogen and oxygen atoms in total. The minimum absolute atomic E-state index is 0.0661. The first-order valence-electron chi connectivity index (χ1n) is 8.58. The number of hydrogen-bond donors (Lipinski definition) is 0. The molecule has 22 heavy (non-hydrogen) atoms. The van der Waals surface area contributed by atoms with E-state index in [1.165, 1.54) is 18.4 Å². The van der Waals surface area contributed by atoms with Crippen LogP contribution in [0.2, 0.25) is 0 Å². The van der Waals surface area contributed by atoms with Crippen molar-refractivity contribution in [3.8, 4) is 0 Å². The van der Waals surface area contributed by atoms with Crippen molar-refractivity contribution in [3.05, 3.63) is 34.4 Å². The first-order valence-corrected chi connectivity index (χ1v) is 8.58. The van der Waals surface area contributed by atoms with Gasteiger partial charge in [-0.25, -0.2) is 4.79 Å². The van der Waals surface area contributed by atoms with Crippen molar-refractivity contribution in [3.63, 3.8) is 0 Å². The van der Waals surface area contributed by atoms with Crippen molar-refractivity contribution in [2.45, 2.75) is 66.9 Å². The zero-order valence-electron chi connectivity index (χ0n) is 14.9. The number of esters is 1. The van der Waals surface area contributed by atoms with E-state index >= 15 is 0 Å². The molecule has 0 spiro atoms. The topological polar surface area (TPSA) is 26.3 Å². The number of carbonyl (C=O) groups is 1. The highest BCUT2D eigenvalue weighted by Crippen LogP contribution is 2.36. The Labute approximate surface area is 135 Å². The second kappa shape index (κ2) is 6.85. The first-order chi connectivity index (χ1) is 10.3. The van der Waals surface area contributed by atoms with E-state index < -0.39 is 0 Å². The Morgan fingerprint density at radius 2 is 1.73 bits per heavy atom. The van der Waals surface area contributed by atoms with Crippen LogP contribution < -0.4 is 0 Å². The highest BCUT2D eigenvalue weighted by molar-refractivity contribution is 5.92. The summed E-state index contributed by atoms with van der Waals surface area (Å²) in [6.07, 6.45) is 3.48. The maximum Gasteiger partial charge on any atom is 0.338 e. The average Bonchev–Trinajstić information content (AvgIpc) is 2.36. The SMILES string of the molecule is Cc1cc(C)c(C(=O)O[C@H]2C[C@@H](C)CC[C@@H]2C(C)C)c(C)c1. The van der Waals surface area contributed by atoms with Crippen LogP contribution in [-0.2, 0) is 4.74 Å². The van der Waals surface area contributed by atoms with Crippen molar-refractivity contribution < 1.29 is 9.53 Å². The lowest BCUT2D eigenvalue weighted by molar-refractivity contribution is -0.0175. The molecule has 2 rings (SSSR count). The molecule has 0 unspecified atom stereocenters. The molecule has 1 fully saturated rings. The van der Waals surface area contributed by atoms with Crippen LogP contribution in [-0.4, -0.2) is 12.1 Å². The summed E-state index contributed by atoms with van der Waals surface area (Å²) in [6.45, 7) is 12.8. The van der Waals surface area contributed by atoms with Gasteiger partial charge in [-0.1, -0.05) is 44.9 Å². The largest absolute Gasteiger partial charge is 0.458 e. The van der Waals surface area contributed by atoms with E-state index in [2.05, 4.69) is 39.8 Å². The average molecular weight is 302 g/mol. The molecule has 0 radical (unpaired) electrons. The van der Waals surface area contributed by atoms with Gasteiger partial charge in [0.25, 0.3) is 0 Å². The molecule has 122 valence electrons. The predicted molar refractivity (Wildman–Crippen MR) is 91.2 cm³/mol. The Morgan fingerprint density at radius 1 is 1.14 bits per heavy atom. The summed E-state index contributed by atoms with van der Waals surface area (Å²) in [5.74, 6) is 1.56. The molecule has 1 aromatic rings. The maximum atomic E-state index is 12.7. The molecule has 1 saturated carbocycles. The van der Waals surface area contributed by atoms with Gasteiger partial charge < -0.3 is 4.74 Å². The summed E-state index contributed by atoms with van der Waals surface area (Å²) < 4.78 is 5.98. The van der Waals surface area contributed by atoms with Crippen LogP contribution in [0.4, 0.5) is 0 Å². The van der Waals surface area contributed by atoms with E-state index in [9.17, 15) is 4.79 Å². The predicted octanol–water partition coefficient (Wildman–Crippen LogP) is 5.23. The summed E-state index contributed by atoms with van der Waals surface area (Å²) in [6, 6.07) is 4.13. The monoisotopic (exact) mass is 302 g/mol. The summed E-state index contributed by atoms with van der Waals surface area (Å²) in [5.41, 5.74) is 3.99. The van der Waals surface area contributed by atoms with Crippen LogP contribution in [0.15, 0.2) is 12.1 Å². The Morgan fingerprint density at radius 3 is 2.27 bits per heavy atom. The second-order valence-corrected chi connectivity index (χ2v) is 7.54. The molecule has 0 amide bonds. The Hall–Kier alpha value is -1.31. The van der Waals surface area contributed by atoms with Gasteiger partial charge >= 0.3 is 5.97 Å². The van der Waals surface area contributed by atoms with Gasteiger partial charge in [-0.3, -0.25) is 0 Å². The van der Waals surface area contributed by atoms with Crippen molar-refractivity contribution in [2.24, 2.45) is 17.8 Å². The molecule has 0 aromatic heterocycles. The number of carbonyl (C=O) groups excluding carboxylic acids is 1. The van der Waals surface area contributed by atoms with Crippen molar-refractivity contribution in [1.82, 2.24) is 0 Å². The fraction of sp³-hybridized carbons (Fsp3) is 0.650. The molecule has 1 aromatic carbocycles. The van der Waals surface area contributed by atoms with E-state index in [1.54, 1.807) is 0 Å². The second-order valence-electron chi connectivity index (χ2n) is 7.54. The van der Waals surface area contributed by atoms with Crippen LogP contribution >= 0.6 is 0 Å². The summed E-state index contributed by atoms with van der Waals surface area (Å²) in [7, 11) is 0. The lowest BCUT2D eigenvalue weighted by atomic mass is 9.75. The molecular weight excluding hydrogens is 272 g/mol. The lowest BCUT2D eigenvalue weighted by Crippen LogP contribution is -2.36. The van der Waals surface area contributed by atoms with E-state index in [4.69, 9.17) is 4.74 Å². The Balaban J connectivity index is 2.20. The molecule has 2 heteroatoms. The molecule has 1 aliphatic rings. The van der Waals surface area contributed by atoms with Gasteiger partial charge in [0, 0.05) is 0 Å². The van der Waals surface area contributed by atoms with Crippen LogP contribution in [0.25, 0.3) is 0 Å². The van der Waals surface area contributed by atoms with Gasteiger partial charge in [-0.2, -0.15) is 0 Å².